The van der Waals surface area contributed by atoms with E-state index in [9.17, 15) is 9.90 Å². The van der Waals surface area contributed by atoms with Crippen molar-refractivity contribution in [3.05, 3.63) is 71.3 Å². The maximum atomic E-state index is 11.9. The lowest BCUT2D eigenvalue weighted by molar-refractivity contribution is -0.118. The molecule has 0 aliphatic heterocycles. The van der Waals surface area contributed by atoms with Gasteiger partial charge in [0.2, 0.25) is 5.91 Å². The predicted molar refractivity (Wildman–Crippen MR) is 106 cm³/mol. The third kappa shape index (κ3) is 6.92. The Bertz CT molecular complexity index is 641. The summed E-state index contributed by atoms with van der Waals surface area (Å²) in [7, 11) is 0. The fourth-order valence-electron chi connectivity index (χ4n) is 2.50. The molecule has 0 saturated heterocycles. The van der Waals surface area contributed by atoms with Crippen LogP contribution < -0.4 is 5.32 Å². The van der Waals surface area contributed by atoms with Gasteiger partial charge in [0.25, 0.3) is 0 Å². The van der Waals surface area contributed by atoms with E-state index in [-0.39, 0.29) is 5.91 Å². The second-order valence-corrected chi connectivity index (χ2v) is 7.47. The molecule has 0 aliphatic rings. The second kappa shape index (κ2) is 10.3. The Kier molecular flexibility index (Phi) is 8.02. The van der Waals surface area contributed by atoms with Crippen molar-refractivity contribution < 1.29 is 9.90 Å². The number of aliphatic hydroxyl groups is 1. The number of amides is 1. The number of benzene rings is 2. The van der Waals surface area contributed by atoms with Crippen LogP contribution in [0.15, 0.2) is 54.6 Å². The number of thioether (sulfide) groups is 1. The number of carbonyl (C=O) groups excluding carboxylic acids is 1. The van der Waals surface area contributed by atoms with Crippen LogP contribution in [0.1, 0.15) is 42.6 Å². The quantitative estimate of drug-likeness (QED) is 0.715. The molecule has 2 N–H and O–H groups in total. The van der Waals surface area contributed by atoms with Crippen molar-refractivity contribution in [2.75, 3.05) is 18.1 Å². The minimum Gasteiger partial charge on any atom is -0.388 e. The van der Waals surface area contributed by atoms with Crippen molar-refractivity contribution in [1.82, 2.24) is 5.32 Å². The fraction of sp³-hybridized carbons (Fsp3) is 0.381. The lowest BCUT2D eigenvalue weighted by Gasteiger charge is -2.11. The normalized spacial score (nSPS) is 12.2. The van der Waals surface area contributed by atoms with E-state index in [0.717, 1.165) is 12.0 Å². The summed E-state index contributed by atoms with van der Waals surface area (Å²) in [5.41, 5.74) is 3.46. The van der Waals surface area contributed by atoms with E-state index < -0.39 is 6.10 Å². The molecule has 0 spiro atoms. The standard InChI is InChI=1S/C21H27NO2S/c1-16(2)18-10-8-17(9-11-18)12-13-22-21(24)15-25-14-20(23)19-6-4-3-5-7-19/h3-11,16,20,23H,12-15H2,1-2H3,(H,22,24). The molecule has 1 unspecified atom stereocenters. The van der Waals surface area contributed by atoms with Crippen molar-refractivity contribution in [2.45, 2.75) is 32.3 Å². The summed E-state index contributed by atoms with van der Waals surface area (Å²) < 4.78 is 0. The minimum absolute atomic E-state index is 0.0177. The van der Waals surface area contributed by atoms with Crippen LogP contribution >= 0.6 is 11.8 Å². The van der Waals surface area contributed by atoms with E-state index >= 15 is 0 Å². The highest BCUT2D eigenvalue weighted by molar-refractivity contribution is 7.99. The Morgan fingerprint density at radius 3 is 2.36 bits per heavy atom. The van der Waals surface area contributed by atoms with Crippen LogP contribution in [0.2, 0.25) is 0 Å². The SMILES string of the molecule is CC(C)c1ccc(CCNC(=O)CSCC(O)c2ccccc2)cc1. The minimum atomic E-state index is -0.529. The number of rotatable bonds is 9. The predicted octanol–water partition coefficient (Wildman–Crippen LogP) is 3.94. The van der Waals surface area contributed by atoms with Gasteiger partial charge in [-0.1, -0.05) is 68.4 Å². The van der Waals surface area contributed by atoms with Crippen LogP contribution in [0.3, 0.4) is 0 Å². The number of aliphatic hydroxyl groups excluding tert-OH is 1. The Hall–Kier alpha value is -1.78. The van der Waals surface area contributed by atoms with Gasteiger partial charge in [-0.2, -0.15) is 0 Å². The highest BCUT2D eigenvalue weighted by Gasteiger charge is 2.08. The van der Waals surface area contributed by atoms with Crippen LogP contribution in [-0.4, -0.2) is 29.1 Å². The Balaban J connectivity index is 1.62. The summed E-state index contributed by atoms with van der Waals surface area (Å²) in [4.78, 5) is 11.9. The molecule has 134 valence electrons. The van der Waals surface area contributed by atoms with Crippen LogP contribution in [0.5, 0.6) is 0 Å². The number of hydrogen-bond acceptors (Lipinski definition) is 3. The van der Waals surface area contributed by atoms with Crippen LogP contribution in [0.4, 0.5) is 0 Å². The molecule has 2 aromatic carbocycles. The summed E-state index contributed by atoms with van der Waals surface area (Å²) in [6.07, 6.45) is 0.306. The van der Waals surface area contributed by atoms with Gasteiger partial charge in [-0.3, -0.25) is 4.79 Å². The zero-order valence-electron chi connectivity index (χ0n) is 14.9. The second-order valence-electron chi connectivity index (χ2n) is 6.44. The molecule has 2 rings (SSSR count). The van der Waals surface area contributed by atoms with E-state index in [1.54, 1.807) is 0 Å². The van der Waals surface area contributed by atoms with Gasteiger partial charge < -0.3 is 10.4 Å². The van der Waals surface area contributed by atoms with Crippen LogP contribution in [-0.2, 0) is 11.2 Å². The maximum absolute atomic E-state index is 11.9. The highest BCUT2D eigenvalue weighted by atomic mass is 32.2. The van der Waals surface area contributed by atoms with Gasteiger partial charge in [-0.25, -0.2) is 0 Å². The van der Waals surface area contributed by atoms with Gasteiger partial charge in [0.1, 0.15) is 0 Å². The zero-order valence-corrected chi connectivity index (χ0v) is 15.8. The summed E-state index contributed by atoms with van der Waals surface area (Å²) in [6, 6.07) is 18.1. The molecule has 1 atom stereocenters. The first-order valence-corrected chi connectivity index (χ1v) is 9.88. The maximum Gasteiger partial charge on any atom is 0.230 e. The van der Waals surface area contributed by atoms with Gasteiger partial charge in [0.05, 0.1) is 11.9 Å². The lowest BCUT2D eigenvalue weighted by atomic mass is 10.0. The summed E-state index contributed by atoms with van der Waals surface area (Å²) in [5.74, 6) is 1.45. The van der Waals surface area contributed by atoms with Gasteiger partial charge in [-0.05, 0) is 29.0 Å². The molecule has 0 heterocycles. The molecule has 0 saturated carbocycles. The molecular formula is C21H27NO2S. The molecule has 0 fully saturated rings. The smallest absolute Gasteiger partial charge is 0.230 e. The Labute approximate surface area is 154 Å². The van der Waals surface area contributed by atoms with Crippen molar-refractivity contribution >= 4 is 17.7 Å². The molecule has 4 heteroatoms. The van der Waals surface area contributed by atoms with E-state index in [1.165, 1.54) is 22.9 Å². The first-order chi connectivity index (χ1) is 12.1. The van der Waals surface area contributed by atoms with Crippen molar-refractivity contribution in [2.24, 2.45) is 0 Å². The fourth-order valence-corrected chi connectivity index (χ4v) is 3.32. The number of nitrogens with one attached hydrogen (secondary N) is 1. The first kappa shape index (κ1) is 19.5. The van der Waals surface area contributed by atoms with E-state index in [0.29, 0.717) is 24.0 Å². The third-order valence-electron chi connectivity index (χ3n) is 4.08. The largest absolute Gasteiger partial charge is 0.388 e. The molecule has 0 aromatic heterocycles. The van der Waals surface area contributed by atoms with Gasteiger partial charge in [0, 0.05) is 12.3 Å². The van der Waals surface area contributed by atoms with Gasteiger partial charge in [0.15, 0.2) is 0 Å². The lowest BCUT2D eigenvalue weighted by Crippen LogP contribution is -2.27. The summed E-state index contributed by atoms with van der Waals surface area (Å²) in [6.45, 7) is 5.00. The van der Waals surface area contributed by atoms with E-state index in [2.05, 4.69) is 43.4 Å². The van der Waals surface area contributed by atoms with Gasteiger partial charge in [-0.15, -0.1) is 11.8 Å². The average molecular weight is 358 g/mol. The van der Waals surface area contributed by atoms with Gasteiger partial charge >= 0.3 is 0 Å². The molecule has 25 heavy (non-hydrogen) atoms. The molecule has 3 nitrogen and oxygen atoms in total. The van der Waals surface area contributed by atoms with E-state index in [4.69, 9.17) is 0 Å². The molecular weight excluding hydrogens is 330 g/mol. The third-order valence-corrected chi connectivity index (χ3v) is 5.09. The molecule has 2 aromatic rings. The molecule has 0 aliphatic carbocycles. The van der Waals surface area contributed by atoms with Crippen LogP contribution in [0.25, 0.3) is 0 Å². The van der Waals surface area contributed by atoms with Crippen molar-refractivity contribution in [1.29, 1.82) is 0 Å². The highest BCUT2D eigenvalue weighted by Crippen LogP contribution is 2.17. The average Bonchev–Trinajstić information content (AvgIpc) is 2.63. The Morgan fingerprint density at radius 2 is 1.72 bits per heavy atom. The number of carbonyl (C=O) groups is 1. The van der Waals surface area contributed by atoms with Crippen molar-refractivity contribution in [3.63, 3.8) is 0 Å². The van der Waals surface area contributed by atoms with Crippen molar-refractivity contribution in [3.8, 4) is 0 Å². The summed E-state index contributed by atoms with van der Waals surface area (Å²) >= 11 is 1.45. The Morgan fingerprint density at radius 1 is 1.04 bits per heavy atom. The topological polar surface area (TPSA) is 49.3 Å². The molecule has 0 bridgehead atoms. The van der Waals surface area contributed by atoms with Crippen LogP contribution in [0, 0.1) is 0 Å². The molecule has 0 radical (unpaired) electrons. The van der Waals surface area contributed by atoms with E-state index in [1.807, 2.05) is 30.3 Å². The first-order valence-electron chi connectivity index (χ1n) is 8.72. The number of hydrogen-bond donors (Lipinski definition) is 2. The summed E-state index contributed by atoms with van der Waals surface area (Å²) in [5, 5.41) is 13.0. The molecule has 1 amide bonds. The monoisotopic (exact) mass is 357 g/mol. The zero-order chi connectivity index (χ0) is 18.1.